The Hall–Kier alpha value is -3.68. The molecule has 2 aromatic carbocycles. The molecule has 29 heavy (non-hydrogen) atoms. The number of hydrogen-bond acceptors (Lipinski definition) is 7. The van der Waals surface area contributed by atoms with Gasteiger partial charge in [0.25, 0.3) is 5.89 Å². The molecule has 0 saturated carbocycles. The molecule has 8 nitrogen and oxygen atoms in total. The highest BCUT2D eigenvalue weighted by Gasteiger charge is 2.26. The molecule has 0 fully saturated rings. The number of amides is 1. The van der Waals surface area contributed by atoms with Crippen molar-refractivity contribution in [3.05, 3.63) is 60.0 Å². The average molecular weight is 393 g/mol. The number of para-hydroxylation sites is 2. The number of fused-ring (bicyclic) bond motifs is 1. The number of rotatable bonds is 5. The van der Waals surface area contributed by atoms with Crippen molar-refractivity contribution in [2.45, 2.75) is 20.0 Å². The number of carbonyl (C=O) groups is 2. The molecular formula is C21H19N3O5. The number of anilines is 1. The Bertz CT molecular complexity index is 1050. The fraction of sp³-hybridized carbons (Fsp3) is 0.238. The van der Waals surface area contributed by atoms with Crippen molar-refractivity contribution in [2.75, 3.05) is 18.1 Å². The summed E-state index contributed by atoms with van der Waals surface area (Å²) in [6.45, 7) is 1.83. The first-order valence-corrected chi connectivity index (χ1v) is 9.18. The average Bonchev–Trinajstić information content (AvgIpc) is 3.14. The van der Waals surface area contributed by atoms with Crippen molar-refractivity contribution in [1.29, 1.82) is 0 Å². The van der Waals surface area contributed by atoms with Crippen molar-refractivity contribution in [3.8, 4) is 17.1 Å². The summed E-state index contributed by atoms with van der Waals surface area (Å²) in [5, 5.41) is 3.94. The van der Waals surface area contributed by atoms with E-state index in [-0.39, 0.29) is 38.0 Å². The number of esters is 1. The largest absolute Gasteiger partial charge is 0.491 e. The van der Waals surface area contributed by atoms with Gasteiger partial charge >= 0.3 is 5.97 Å². The molecule has 1 aliphatic heterocycles. The van der Waals surface area contributed by atoms with Crippen LogP contribution in [0.4, 0.5) is 5.69 Å². The topological polar surface area (TPSA) is 94.8 Å². The first kappa shape index (κ1) is 18.7. The van der Waals surface area contributed by atoms with E-state index in [9.17, 15) is 9.59 Å². The van der Waals surface area contributed by atoms with Gasteiger partial charge in [-0.15, -0.1) is 0 Å². The molecule has 0 spiro atoms. The van der Waals surface area contributed by atoms with Gasteiger partial charge in [0.1, 0.15) is 12.3 Å². The monoisotopic (exact) mass is 393 g/mol. The second-order valence-electron chi connectivity index (χ2n) is 6.53. The molecule has 1 aliphatic rings. The molecule has 2 heterocycles. The van der Waals surface area contributed by atoms with Crippen molar-refractivity contribution in [1.82, 2.24) is 10.1 Å². The van der Waals surface area contributed by atoms with Crippen LogP contribution in [0.2, 0.25) is 0 Å². The molecule has 3 aromatic rings. The van der Waals surface area contributed by atoms with Crippen LogP contribution < -0.4 is 9.64 Å². The van der Waals surface area contributed by atoms with Crippen molar-refractivity contribution >= 4 is 17.6 Å². The number of carbonyl (C=O) groups excluding carboxylic acids is 2. The van der Waals surface area contributed by atoms with E-state index in [0.29, 0.717) is 17.3 Å². The minimum Gasteiger partial charge on any atom is -0.491 e. The number of aryl methyl sites for hydroxylation is 1. The molecule has 4 rings (SSSR count). The molecule has 1 aromatic heterocycles. The van der Waals surface area contributed by atoms with E-state index in [1.807, 2.05) is 37.3 Å². The summed E-state index contributed by atoms with van der Waals surface area (Å²) in [4.78, 5) is 30.4. The van der Waals surface area contributed by atoms with Gasteiger partial charge in [0.2, 0.25) is 11.7 Å². The van der Waals surface area contributed by atoms with E-state index in [1.54, 1.807) is 18.2 Å². The van der Waals surface area contributed by atoms with E-state index >= 15 is 0 Å². The van der Waals surface area contributed by atoms with Gasteiger partial charge in [0, 0.05) is 5.56 Å². The van der Waals surface area contributed by atoms with Gasteiger partial charge in [0.15, 0.2) is 6.61 Å². The van der Waals surface area contributed by atoms with Crippen molar-refractivity contribution in [3.63, 3.8) is 0 Å². The molecule has 0 radical (unpaired) electrons. The summed E-state index contributed by atoms with van der Waals surface area (Å²) in [6.07, 6.45) is 0.186. The van der Waals surface area contributed by atoms with Gasteiger partial charge in [0.05, 0.1) is 18.7 Å². The molecule has 8 heteroatoms. The third-order valence-corrected chi connectivity index (χ3v) is 4.53. The summed E-state index contributed by atoms with van der Waals surface area (Å²) in [5.74, 6) is 0.397. The lowest BCUT2D eigenvalue weighted by Crippen LogP contribution is -2.36. The highest BCUT2D eigenvalue weighted by atomic mass is 16.6. The maximum Gasteiger partial charge on any atom is 0.326 e. The number of hydrogen-bond donors (Lipinski definition) is 0. The van der Waals surface area contributed by atoms with Crippen LogP contribution in [-0.2, 0) is 20.9 Å². The molecule has 0 N–H and O–H groups in total. The quantitative estimate of drug-likeness (QED) is 0.615. The first-order valence-electron chi connectivity index (χ1n) is 9.18. The molecule has 0 aliphatic carbocycles. The van der Waals surface area contributed by atoms with E-state index < -0.39 is 5.97 Å². The second-order valence-corrected chi connectivity index (χ2v) is 6.53. The van der Waals surface area contributed by atoms with Crippen LogP contribution in [0.3, 0.4) is 0 Å². The lowest BCUT2D eigenvalue weighted by atomic mass is 10.1. The van der Waals surface area contributed by atoms with Gasteiger partial charge in [-0.1, -0.05) is 41.6 Å². The summed E-state index contributed by atoms with van der Waals surface area (Å²) >= 11 is 0. The Morgan fingerprint density at radius 1 is 1.17 bits per heavy atom. The molecular weight excluding hydrogens is 374 g/mol. The van der Waals surface area contributed by atoms with Crippen LogP contribution in [-0.4, -0.2) is 35.2 Å². The van der Waals surface area contributed by atoms with Gasteiger partial charge in [-0.3, -0.25) is 14.5 Å². The van der Waals surface area contributed by atoms with E-state index in [1.165, 1.54) is 4.90 Å². The molecule has 0 bridgehead atoms. The van der Waals surface area contributed by atoms with Gasteiger partial charge in [-0.25, -0.2) is 0 Å². The molecule has 0 saturated heterocycles. The Balaban J connectivity index is 1.41. The van der Waals surface area contributed by atoms with Gasteiger partial charge in [-0.2, -0.15) is 4.98 Å². The highest BCUT2D eigenvalue weighted by molar-refractivity contribution is 5.99. The normalized spacial score (nSPS) is 13.4. The molecule has 0 atom stereocenters. The Labute approximate surface area is 167 Å². The van der Waals surface area contributed by atoms with Crippen molar-refractivity contribution in [2.24, 2.45) is 0 Å². The van der Waals surface area contributed by atoms with Crippen LogP contribution in [0.15, 0.2) is 53.1 Å². The standard InChI is InChI=1S/C21H19N3O5/c1-14-6-2-3-7-15(14)21-22-18(29-23-21)13-28-20(26)12-24-16-8-4-5-9-17(16)27-11-10-19(24)25/h2-9H,10-13H2,1H3. The van der Waals surface area contributed by atoms with Gasteiger partial charge < -0.3 is 14.0 Å². The second kappa shape index (κ2) is 8.14. The fourth-order valence-electron chi connectivity index (χ4n) is 3.06. The third-order valence-electron chi connectivity index (χ3n) is 4.53. The molecule has 0 unspecified atom stereocenters. The lowest BCUT2D eigenvalue weighted by molar-refractivity contribution is -0.144. The maximum absolute atomic E-state index is 12.4. The fourth-order valence-corrected chi connectivity index (χ4v) is 3.06. The van der Waals surface area contributed by atoms with Crippen LogP contribution in [0, 0.1) is 6.92 Å². The zero-order chi connectivity index (χ0) is 20.2. The SMILES string of the molecule is Cc1ccccc1-c1noc(COC(=O)CN2C(=O)CCOc3ccccc32)n1. The lowest BCUT2D eigenvalue weighted by Gasteiger charge is -2.20. The number of aromatic nitrogens is 2. The minimum absolute atomic E-state index is 0.169. The van der Waals surface area contributed by atoms with Crippen LogP contribution in [0.5, 0.6) is 5.75 Å². The Kier molecular flexibility index (Phi) is 5.24. The summed E-state index contributed by atoms with van der Waals surface area (Å²) in [5.41, 5.74) is 2.41. The van der Waals surface area contributed by atoms with E-state index in [2.05, 4.69) is 10.1 Å². The molecule has 148 valence electrons. The maximum atomic E-state index is 12.4. The first-order chi connectivity index (χ1) is 14.1. The van der Waals surface area contributed by atoms with Crippen molar-refractivity contribution < 1.29 is 23.6 Å². The zero-order valence-electron chi connectivity index (χ0n) is 15.8. The summed E-state index contributed by atoms with van der Waals surface area (Å²) in [6, 6.07) is 14.7. The highest BCUT2D eigenvalue weighted by Crippen LogP contribution is 2.30. The smallest absolute Gasteiger partial charge is 0.326 e. The summed E-state index contributed by atoms with van der Waals surface area (Å²) < 4.78 is 16.0. The number of benzene rings is 2. The predicted molar refractivity (Wildman–Crippen MR) is 103 cm³/mol. The third kappa shape index (κ3) is 4.11. The predicted octanol–water partition coefficient (Wildman–Crippen LogP) is 2.90. The minimum atomic E-state index is -0.578. The zero-order valence-corrected chi connectivity index (χ0v) is 15.8. The van der Waals surface area contributed by atoms with E-state index in [4.69, 9.17) is 14.0 Å². The number of ether oxygens (including phenoxy) is 2. The van der Waals surface area contributed by atoms with Gasteiger partial charge in [-0.05, 0) is 24.6 Å². The Morgan fingerprint density at radius 2 is 1.97 bits per heavy atom. The Morgan fingerprint density at radius 3 is 2.83 bits per heavy atom. The van der Waals surface area contributed by atoms with Crippen LogP contribution in [0.1, 0.15) is 17.9 Å². The molecule has 1 amide bonds. The van der Waals surface area contributed by atoms with Crippen LogP contribution >= 0.6 is 0 Å². The summed E-state index contributed by atoms with van der Waals surface area (Å²) in [7, 11) is 0. The number of nitrogens with zero attached hydrogens (tertiary/aromatic N) is 3. The van der Waals surface area contributed by atoms with E-state index in [0.717, 1.165) is 11.1 Å². The van der Waals surface area contributed by atoms with Crippen LogP contribution in [0.25, 0.3) is 11.4 Å².